The fraction of sp³-hybridized carbons (Fsp3) is 0.158. The molecule has 0 aliphatic rings. The first-order valence-corrected chi connectivity index (χ1v) is 8.62. The summed E-state index contributed by atoms with van der Waals surface area (Å²) in [6.45, 7) is 4.37. The number of nitrogens with zero attached hydrogens (tertiary/aromatic N) is 2. The molecule has 122 valence electrons. The summed E-state index contributed by atoms with van der Waals surface area (Å²) < 4.78 is 1.04. The molecule has 4 nitrogen and oxygen atoms in total. The van der Waals surface area contributed by atoms with Gasteiger partial charge in [-0.1, -0.05) is 41.9 Å². The summed E-state index contributed by atoms with van der Waals surface area (Å²) in [4.78, 5) is 8.78. The Morgan fingerprint density at radius 2 is 1.46 bits per heavy atom. The second-order valence-electron chi connectivity index (χ2n) is 5.80. The van der Waals surface area contributed by atoms with Gasteiger partial charge in [0.05, 0.1) is 0 Å². The lowest BCUT2D eigenvalue weighted by atomic mass is 10.0. The van der Waals surface area contributed by atoms with E-state index in [1.54, 1.807) is 6.20 Å². The molecule has 24 heavy (non-hydrogen) atoms. The Hall–Kier alpha value is -2.40. The Labute approximate surface area is 150 Å². The second-order valence-corrected chi connectivity index (χ2v) is 6.71. The van der Waals surface area contributed by atoms with Gasteiger partial charge in [-0.2, -0.15) is 4.98 Å². The Bertz CT molecular complexity index is 798. The maximum atomic E-state index is 4.50. The van der Waals surface area contributed by atoms with E-state index in [4.69, 9.17) is 0 Å². The molecule has 0 aliphatic carbocycles. The van der Waals surface area contributed by atoms with E-state index in [9.17, 15) is 0 Å². The molecular formula is C19H19BrN4. The van der Waals surface area contributed by atoms with Crippen molar-refractivity contribution in [2.75, 3.05) is 10.6 Å². The molecule has 0 spiro atoms. The molecule has 0 saturated heterocycles. The smallest absolute Gasteiger partial charge is 0.229 e. The summed E-state index contributed by atoms with van der Waals surface area (Å²) >= 11 is 3.43. The highest BCUT2D eigenvalue weighted by Crippen LogP contribution is 2.21. The summed E-state index contributed by atoms with van der Waals surface area (Å²) in [5, 5.41) is 6.51. The first kappa shape index (κ1) is 16.5. The third kappa shape index (κ3) is 4.32. The number of rotatable bonds is 5. The summed E-state index contributed by atoms with van der Waals surface area (Å²) in [6.07, 6.45) is 1.74. The van der Waals surface area contributed by atoms with Crippen LogP contribution in [0.15, 0.2) is 65.3 Å². The molecule has 2 N–H and O–H groups in total. The zero-order valence-corrected chi connectivity index (χ0v) is 15.2. The van der Waals surface area contributed by atoms with Crippen LogP contribution in [-0.4, -0.2) is 9.97 Å². The Morgan fingerprint density at radius 1 is 0.833 bits per heavy atom. The summed E-state index contributed by atoms with van der Waals surface area (Å²) in [6, 6.07) is 18.1. The van der Waals surface area contributed by atoms with Gasteiger partial charge in [0.15, 0.2) is 0 Å². The number of hydrogen-bond donors (Lipinski definition) is 2. The van der Waals surface area contributed by atoms with Crippen LogP contribution < -0.4 is 10.6 Å². The summed E-state index contributed by atoms with van der Waals surface area (Å²) in [5.41, 5.74) is 3.26. The average molecular weight is 383 g/mol. The van der Waals surface area contributed by atoms with Crippen LogP contribution in [0.4, 0.5) is 23.1 Å². The van der Waals surface area contributed by atoms with Crippen LogP contribution in [0.5, 0.6) is 0 Å². The molecule has 1 heterocycles. The van der Waals surface area contributed by atoms with Crippen molar-refractivity contribution in [1.82, 2.24) is 9.97 Å². The van der Waals surface area contributed by atoms with E-state index in [1.165, 1.54) is 5.56 Å². The van der Waals surface area contributed by atoms with Crippen LogP contribution in [0.1, 0.15) is 25.3 Å². The van der Waals surface area contributed by atoms with Crippen molar-refractivity contribution in [3.63, 3.8) is 0 Å². The minimum Gasteiger partial charge on any atom is -0.340 e. The highest BCUT2D eigenvalue weighted by Gasteiger charge is 2.03. The van der Waals surface area contributed by atoms with Crippen LogP contribution in [0.25, 0.3) is 0 Å². The van der Waals surface area contributed by atoms with E-state index in [0.717, 1.165) is 21.7 Å². The predicted molar refractivity (Wildman–Crippen MR) is 103 cm³/mol. The quantitative estimate of drug-likeness (QED) is 0.580. The molecule has 0 atom stereocenters. The first-order chi connectivity index (χ1) is 11.6. The Morgan fingerprint density at radius 3 is 2.12 bits per heavy atom. The molecule has 0 radical (unpaired) electrons. The number of anilines is 4. The van der Waals surface area contributed by atoms with E-state index in [1.807, 2.05) is 42.5 Å². The Balaban J connectivity index is 1.71. The molecule has 0 unspecified atom stereocenters. The molecule has 2 aromatic carbocycles. The van der Waals surface area contributed by atoms with Crippen molar-refractivity contribution in [3.05, 3.63) is 70.8 Å². The minimum atomic E-state index is 0.522. The highest BCUT2D eigenvalue weighted by molar-refractivity contribution is 9.10. The lowest BCUT2D eigenvalue weighted by molar-refractivity contribution is 0.867. The standard InChI is InChI=1S/C19H19BrN4/c1-13(2)14-3-7-17(8-4-14)23-19-21-12-11-18(24-19)22-16-9-5-15(20)6-10-16/h3-13H,1-2H3,(H2,21,22,23,24). The fourth-order valence-electron chi connectivity index (χ4n) is 2.25. The monoisotopic (exact) mass is 382 g/mol. The maximum absolute atomic E-state index is 4.50. The van der Waals surface area contributed by atoms with Gasteiger partial charge in [-0.05, 0) is 53.9 Å². The van der Waals surface area contributed by atoms with E-state index in [2.05, 4.69) is 62.5 Å². The van der Waals surface area contributed by atoms with Crippen molar-refractivity contribution in [3.8, 4) is 0 Å². The normalized spacial score (nSPS) is 10.7. The number of aromatic nitrogens is 2. The maximum Gasteiger partial charge on any atom is 0.229 e. The van der Waals surface area contributed by atoms with Crippen LogP contribution in [0.2, 0.25) is 0 Å². The van der Waals surface area contributed by atoms with Crippen LogP contribution in [0.3, 0.4) is 0 Å². The van der Waals surface area contributed by atoms with Gasteiger partial charge in [0.25, 0.3) is 0 Å². The average Bonchev–Trinajstić information content (AvgIpc) is 2.58. The van der Waals surface area contributed by atoms with Gasteiger partial charge in [0, 0.05) is 22.0 Å². The van der Waals surface area contributed by atoms with Crippen LogP contribution in [-0.2, 0) is 0 Å². The molecule has 0 fully saturated rings. The number of benzene rings is 2. The molecule has 3 aromatic rings. The largest absolute Gasteiger partial charge is 0.340 e. The minimum absolute atomic E-state index is 0.522. The van der Waals surface area contributed by atoms with Gasteiger partial charge in [-0.25, -0.2) is 4.98 Å². The molecule has 0 saturated carbocycles. The number of nitrogens with one attached hydrogen (secondary N) is 2. The van der Waals surface area contributed by atoms with E-state index < -0.39 is 0 Å². The van der Waals surface area contributed by atoms with Crippen molar-refractivity contribution < 1.29 is 0 Å². The lowest BCUT2D eigenvalue weighted by Gasteiger charge is -2.10. The SMILES string of the molecule is CC(C)c1ccc(Nc2nccc(Nc3ccc(Br)cc3)n2)cc1. The van der Waals surface area contributed by atoms with E-state index in [-0.39, 0.29) is 0 Å². The highest BCUT2D eigenvalue weighted by atomic mass is 79.9. The Kier molecular flexibility index (Phi) is 5.11. The van der Waals surface area contributed by atoms with Crippen molar-refractivity contribution in [2.24, 2.45) is 0 Å². The zero-order chi connectivity index (χ0) is 16.9. The first-order valence-electron chi connectivity index (χ1n) is 7.83. The number of halogens is 1. The summed E-state index contributed by atoms with van der Waals surface area (Å²) in [7, 11) is 0. The van der Waals surface area contributed by atoms with Gasteiger partial charge < -0.3 is 10.6 Å². The number of hydrogen-bond acceptors (Lipinski definition) is 4. The van der Waals surface area contributed by atoms with Crippen LogP contribution >= 0.6 is 15.9 Å². The molecule has 3 rings (SSSR count). The third-order valence-electron chi connectivity index (χ3n) is 3.61. The van der Waals surface area contributed by atoms with E-state index in [0.29, 0.717) is 11.9 Å². The molecule has 0 amide bonds. The summed E-state index contributed by atoms with van der Waals surface area (Å²) in [5.74, 6) is 1.83. The zero-order valence-electron chi connectivity index (χ0n) is 13.6. The van der Waals surface area contributed by atoms with Crippen molar-refractivity contribution in [1.29, 1.82) is 0 Å². The molecule has 0 aliphatic heterocycles. The fourth-order valence-corrected chi connectivity index (χ4v) is 2.51. The van der Waals surface area contributed by atoms with Crippen molar-refractivity contribution in [2.45, 2.75) is 19.8 Å². The second kappa shape index (κ2) is 7.45. The third-order valence-corrected chi connectivity index (χ3v) is 4.13. The molecule has 5 heteroatoms. The van der Waals surface area contributed by atoms with Gasteiger partial charge >= 0.3 is 0 Å². The molecule has 0 bridgehead atoms. The topological polar surface area (TPSA) is 49.8 Å². The van der Waals surface area contributed by atoms with Gasteiger partial charge in [-0.3, -0.25) is 0 Å². The van der Waals surface area contributed by atoms with Gasteiger partial charge in [0.2, 0.25) is 5.95 Å². The lowest BCUT2D eigenvalue weighted by Crippen LogP contribution is -2.00. The van der Waals surface area contributed by atoms with Crippen LogP contribution in [0, 0.1) is 0 Å². The van der Waals surface area contributed by atoms with Gasteiger partial charge in [-0.15, -0.1) is 0 Å². The molecular weight excluding hydrogens is 364 g/mol. The van der Waals surface area contributed by atoms with E-state index >= 15 is 0 Å². The molecule has 1 aromatic heterocycles. The van der Waals surface area contributed by atoms with Gasteiger partial charge in [0.1, 0.15) is 5.82 Å². The van der Waals surface area contributed by atoms with Crippen molar-refractivity contribution >= 4 is 39.1 Å². The predicted octanol–water partition coefficient (Wildman–Crippen LogP) is 5.85.